The molecule has 0 N–H and O–H groups in total. The topological polar surface area (TPSA) is 49.9 Å². The van der Waals surface area contributed by atoms with Crippen LogP contribution < -0.4 is 4.74 Å². The summed E-state index contributed by atoms with van der Waals surface area (Å²) < 4.78 is 5.41. The number of nitrogens with zero attached hydrogens (tertiary/aromatic N) is 2. The van der Waals surface area contributed by atoms with Crippen molar-refractivity contribution in [1.29, 1.82) is 0 Å². The Morgan fingerprint density at radius 2 is 1.67 bits per heavy atom. The lowest BCUT2D eigenvalue weighted by atomic mass is 10.0. The first-order valence-electron chi connectivity index (χ1n) is 8.55. The Bertz CT molecular complexity index is 617. The van der Waals surface area contributed by atoms with Gasteiger partial charge in [0.25, 0.3) is 5.91 Å². The van der Waals surface area contributed by atoms with Gasteiger partial charge < -0.3 is 14.5 Å². The summed E-state index contributed by atoms with van der Waals surface area (Å²) in [7, 11) is 1.59. The number of amides is 2. The molecule has 1 heterocycles. The average Bonchev–Trinajstić information content (AvgIpc) is 2.53. The van der Waals surface area contributed by atoms with Crippen LogP contribution in [-0.4, -0.2) is 54.9 Å². The number of hydrogen-bond acceptors (Lipinski definition) is 3. The monoisotopic (exact) mass is 332 g/mol. The van der Waals surface area contributed by atoms with Crippen molar-refractivity contribution in [3.05, 3.63) is 28.8 Å². The zero-order valence-electron chi connectivity index (χ0n) is 15.4. The van der Waals surface area contributed by atoms with E-state index >= 15 is 0 Å². The maximum Gasteiger partial charge on any atom is 0.258 e. The Kier molecular flexibility index (Phi) is 5.86. The smallest absolute Gasteiger partial charge is 0.258 e. The van der Waals surface area contributed by atoms with Crippen LogP contribution in [0.15, 0.2) is 12.1 Å². The zero-order valence-corrected chi connectivity index (χ0v) is 15.4. The van der Waals surface area contributed by atoms with Crippen LogP contribution in [0, 0.1) is 19.8 Å². The van der Waals surface area contributed by atoms with E-state index in [1.165, 1.54) is 0 Å². The van der Waals surface area contributed by atoms with Gasteiger partial charge in [0.1, 0.15) is 5.75 Å². The molecule has 1 aliphatic rings. The first-order valence-corrected chi connectivity index (χ1v) is 8.55. The van der Waals surface area contributed by atoms with Crippen molar-refractivity contribution < 1.29 is 14.3 Å². The van der Waals surface area contributed by atoms with E-state index < -0.39 is 0 Å². The van der Waals surface area contributed by atoms with Crippen LogP contribution in [0.25, 0.3) is 0 Å². The van der Waals surface area contributed by atoms with Gasteiger partial charge in [-0.05, 0) is 37.0 Å². The molecule has 0 aromatic heterocycles. The second-order valence-electron chi connectivity index (χ2n) is 6.93. The molecular weight excluding hydrogens is 304 g/mol. The molecular formula is C19H28N2O3. The SMILES string of the molecule is COc1cc(C)cc(C)c1C(=O)N1CCN(C(=O)CC(C)C)CC1. The van der Waals surface area contributed by atoms with E-state index in [-0.39, 0.29) is 11.8 Å². The third-order valence-corrected chi connectivity index (χ3v) is 4.38. The van der Waals surface area contributed by atoms with Crippen LogP contribution in [-0.2, 0) is 4.79 Å². The van der Waals surface area contributed by atoms with Gasteiger partial charge in [-0.15, -0.1) is 0 Å². The summed E-state index contributed by atoms with van der Waals surface area (Å²) in [5.74, 6) is 1.15. The van der Waals surface area contributed by atoms with Crippen molar-refractivity contribution >= 4 is 11.8 Å². The number of hydrogen-bond donors (Lipinski definition) is 0. The van der Waals surface area contributed by atoms with Crippen molar-refractivity contribution in [3.8, 4) is 5.75 Å². The molecule has 1 fully saturated rings. The molecule has 0 spiro atoms. The highest BCUT2D eigenvalue weighted by Crippen LogP contribution is 2.26. The Morgan fingerprint density at radius 3 is 2.21 bits per heavy atom. The summed E-state index contributed by atoms with van der Waals surface area (Å²) in [6.07, 6.45) is 0.568. The molecule has 2 amide bonds. The molecule has 24 heavy (non-hydrogen) atoms. The molecule has 0 bridgehead atoms. The fourth-order valence-corrected chi connectivity index (χ4v) is 3.16. The van der Waals surface area contributed by atoms with Gasteiger partial charge in [0.15, 0.2) is 0 Å². The van der Waals surface area contributed by atoms with Gasteiger partial charge in [0.05, 0.1) is 12.7 Å². The molecule has 0 unspecified atom stereocenters. The normalized spacial score (nSPS) is 14.9. The van der Waals surface area contributed by atoms with E-state index in [0.717, 1.165) is 11.1 Å². The molecule has 1 aromatic carbocycles. The summed E-state index contributed by atoms with van der Waals surface area (Å²) >= 11 is 0. The third kappa shape index (κ3) is 4.08. The largest absolute Gasteiger partial charge is 0.496 e. The lowest BCUT2D eigenvalue weighted by Crippen LogP contribution is -2.50. The summed E-state index contributed by atoms with van der Waals surface area (Å²) in [5, 5.41) is 0. The van der Waals surface area contributed by atoms with Crippen LogP contribution in [0.3, 0.4) is 0 Å². The first kappa shape index (κ1) is 18.3. The number of carbonyl (C=O) groups excluding carboxylic acids is 2. The maximum absolute atomic E-state index is 12.9. The summed E-state index contributed by atoms with van der Waals surface area (Å²) in [6.45, 7) is 10.4. The summed E-state index contributed by atoms with van der Waals surface area (Å²) in [5.41, 5.74) is 2.63. The van der Waals surface area contributed by atoms with Crippen LogP contribution in [0.2, 0.25) is 0 Å². The highest BCUT2D eigenvalue weighted by Gasteiger charge is 2.27. The van der Waals surface area contributed by atoms with Gasteiger partial charge in [-0.25, -0.2) is 0 Å². The highest BCUT2D eigenvalue weighted by molar-refractivity contribution is 5.98. The van der Waals surface area contributed by atoms with Crippen LogP contribution in [0.4, 0.5) is 0 Å². The lowest BCUT2D eigenvalue weighted by molar-refractivity contribution is -0.133. The van der Waals surface area contributed by atoms with Crippen molar-refractivity contribution in [3.63, 3.8) is 0 Å². The quantitative estimate of drug-likeness (QED) is 0.852. The average molecular weight is 332 g/mol. The Hall–Kier alpha value is -2.04. The number of methoxy groups -OCH3 is 1. The molecule has 0 radical (unpaired) electrons. The van der Waals surface area contributed by atoms with Crippen LogP contribution in [0.1, 0.15) is 41.8 Å². The molecule has 0 aliphatic carbocycles. The van der Waals surface area contributed by atoms with Gasteiger partial charge >= 0.3 is 0 Å². The van der Waals surface area contributed by atoms with Crippen molar-refractivity contribution in [2.24, 2.45) is 5.92 Å². The van der Waals surface area contributed by atoms with Crippen LogP contribution >= 0.6 is 0 Å². The van der Waals surface area contributed by atoms with Crippen molar-refractivity contribution in [2.75, 3.05) is 33.3 Å². The number of benzene rings is 1. The number of rotatable bonds is 4. The molecule has 0 saturated carbocycles. The second-order valence-corrected chi connectivity index (χ2v) is 6.93. The lowest BCUT2D eigenvalue weighted by Gasteiger charge is -2.35. The molecule has 0 atom stereocenters. The minimum absolute atomic E-state index is 0.0136. The predicted octanol–water partition coefficient (Wildman–Crippen LogP) is 2.64. The van der Waals surface area contributed by atoms with E-state index in [9.17, 15) is 9.59 Å². The van der Waals surface area contributed by atoms with Crippen LogP contribution in [0.5, 0.6) is 5.75 Å². The minimum atomic E-state index is -0.0136. The standard InChI is InChI=1S/C19H28N2O3/c1-13(2)10-17(22)20-6-8-21(9-7-20)19(23)18-15(4)11-14(3)12-16(18)24-5/h11-13H,6-10H2,1-5H3. The molecule has 132 valence electrons. The first-order chi connectivity index (χ1) is 11.3. The molecule has 5 nitrogen and oxygen atoms in total. The number of ether oxygens (including phenoxy) is 1. The molecule has 1 aromatic rings. The van der Waals surface area contributed by atoms with Gasteiger partial charge in [-0.1, -0.05) is 19.9 Å². The molecule has 2 rings (SSSR count). The van der Waals surface area contributed by atoms with E-state index in [2.05, 4.69) is 0 Å². The number of piperazine rings is 1. The fourth-order valence-electron chi connectivity index (χ4n) is 3.16. The second kappa shape index (κ2) is 7.69. The minimum Gasteiger partial charge on any atom is -0.496 e. The van der Waals surface area contributed by atoms with E-state index in [0.29, 0.717) is 49.8 Å². The van der Waals surface area contributed by atoms with Gasteiger partial charge in [-0.3, -0.25) is 9.59 Å². The highest BCUT2D eigenvalue weighted by atomic mass is 16.5. The molecule has 1 aliphatic heterocycles. The van der Waals surface area contributed by atoms with E-state index in [1.807, 2.05) is 49.6 Å². The molecule has 1 saturated heterocycles. The van der Waals surface area contributed by atoms with E-state index in [4.69, 9.17) is 4.74 Å². The van der Waals surface area contributed by atoms with Gasteiger partial charge in [-0.2, -0.15) is 0 Å². The number of carbonyl (C=O) groups is 2. The van der Waals surface area contributed by atoms with Gasteiger partial charge in [0, 0.05) is 32.6 Å². The Balaban J connectivity index is 2.07. The van der Waals surface area contributed by atoms with Gasteiger partial charge in [0.2, 0.25) is 5.91 Å². The zero-order chi connectivity index (χ0) is 17.9. The maximum atomic E-state index is 12.9. The Morgan fingerprint density at radius 1 is 1.08 bits per heavy atom. The number of aryl methyl sites for hydroxylation is 2. The van der Waals surface area contributed by atoms with E-state index in [1.54, 1.807) is 7.11 Å². The fraction of sp³-hybridized carbons (Fsp3) is 0.579. The predicted molar refractivity (Wildman–Crippen MR) is 94.4 cm³/mol. The third-order valence-electron chi connectivity index (χ3n) is 4.38. The van der Waals surface area contributed by atoms with Crippen molar-refractivity contribution in [1.82, 2.24) is 9.80 Å². The Labute approximate surface area is 144 Å². The summed E-state index contributed by atoms with van der Waals surface area (Å²) in [6, 6.07) is 3.89. The molecule has 5 heteroatoms. The van der Waals surface area contributed by atoms with Crippen molar-refractivity contribution in [2.45, 2.75) is 34.1 Å². The summed E-state index contributed by atoms with van der Waals surface area (Å²) in [4.78, 5) is 28.7.